The molecule has 0 radical (unpaired) electrons. The molecule has 0 fully saturated rings. The number of ether oxygens (including phenoxy) is 1. The van der Waals surface area contributed by atoms with Gasteiger partial charge in [-0.15, -0.1) is 0 Å². The van der Waals surface area contributed by atoms with Crippen molar-refractivity contribution in [2.45, 2.75) is 18.6 Å². The summed E-state index contributed by atoms with van der Waals surface area (Å²) in [4.78, 5) is 19.6. The number of guanidine groups is 1. The highest BCUT2D eigenvalue weighted by molar-refractivity contribution is 6.09. The summed E-state index contributed by atoms with van der Waals surface area (Å²) in [7, 11) is 1.59. The molecule has 3 aromatic carbocycles. The van der Waals surface area contributed by atoms with Crippen LogP contribution in [0.2, 0.25) is 0 Å². The minimum atomic E-state index is -1.40. The van der Waals surface area contributed by atoms with Crippen molar-refractivity contribution >= 4 is 11.9 Å². The lowest BCUT2D eigenvalue weighted by Gasteiger charge is -2.28. The first-order valence-electron chi connectivity index (χ1n) is 10.6. The van der Waals surface area contributed by atoms with Gasteiger partial charge in [0.05, 0.1) is 24.8 Å². The number of amides is 1. The molecule has 7 heteroatoms. The molecule has 6 nitrogen and oxygen atoms in total. The zero-order chi connectivity index (χ0) is 23.2. The van der Waals surface area contributed by atoms with E-state index in [1.165, 1.54) is 28.7 Å². The maximum atomic E-state index is 14.7. The van der Waals surface area contributed by atoms with Gasteiger partial charge in [-0.25, -0.2) is 9.38 Å². The van der Waals surface area contributed by atoms with Crippen LogP contribution in [0.25, 0.3) is 11.1 Å². The number of nitrogens with zero attached hydrogens (tertiary/aromatic N) is 3. The largest absolute Gasteiger partial charge is 0.376 e. The van der Waals surface area contributed by atoms with E-state index in [2.05, 4.69) is 4.99 Å². The van der Waals surface area contributed by atoms with Gasteiger partial charge in [-0.2, -0.15) is 5.26 Å². The second-order valence-corrected chi connectivity index (χ2v) is 8.22. The molecule has 3 aromatic rings. The molecular weight excluding hydrogens is 419 g/mol. The standard InChI is InChI=1S/C26H21FN4O2/c1-31-24(32)26(30-25(31)29,21-7-6-17-9-10-33-15-19(17)13-21)20-4-2-3-18(12-20)22-11-16(14-28)5-8-23(22)27/h2-8,11-13H,9-10,15H2,1H3,(H2,29,30). The van der Waals surface area contributed by atoms with Crippen LogP contribution in [0.4, 0.5) is 4.39 Å². The van der Waals surface area contributed by atoms with Crippen molar-refractivity contribution in [1.82, 2.24) is 4.90 Å². The van der Waals surface area contributed by atoms with Crippen LogP contribution in [0.5, 0.6) is 0 Å². The molecule has 33 heavy (non-hydrogen) atoms. The predicted octanol–water partition coefficient (Wildman–Crippen LogP) is 3.47. The second-order valence-electron chi connectivity index (χ2n) is 8.22. The Labute approximate surface area is 190 Å². The van der Waals surface area contributed by atoms with Gasteiger partial charge < -0.3 is 10.5 Å². The Hall–Kier alpha value is -4.02. The van der Waals surface area contributed by atoms with E-state index in [0.29, 0.717) is 35.5 Å². The first-order chi connectivity index (χ1) is 15.9. The van der Waals surface area contributed by atoms with E-state index in [9.17, 15) is 14.4 Å². The lowest BCUT2D eigenvalue weighted by Crippen LogP contribution is -2.41. The average molecular weight is 440 g/mol. The van der Waals surface area contributed by atoms with E-state index < -0.39 is 11.4 Å². The van der Waals surface area contributed by atoms with Gasteiger partial charge in [0.1, 0.15) is 5.82 Å². The smallest absolute Gasteiger partial charge is 0.266 e. The van der Waals surface area contributed by atoms with Gasteiger partial charge in [-0.3, -0.25) is 9.69 Å². The Kier molecular flexibility index (Phi) is 4.95. The molecule has 1 unspecified atom stereocenters. The minimum absolute atomic E-state index is 0.108. The summed E-state index contributed by atoms with van der Waals surface area (Å²) in [5.74, 6) is -0.638. The van der Waals surface area contributed by atoms with Crippen LogP contribution < -0.4 is 5.73 Å². The number of halogens is 1. The van der Waals surface area contributed by atoms with E-state index >= 15 is 0 Å². The molecule has 0 spiro atoms. The van der Waals surface area contributed by atoms with E-state index in [0.717, 1.165) is 12.0 Å². The Morgan fingerprint density at radius 2 is 1.94 bits per heavy atom. The highest BCUT2D eigenvalue weighted by Gasteiger charge is 2.49. The van der Waals surface area contributed by atoms with Gasteiger partial charge in [0, 0.05) is 12.6 Å². The van der Waals surface area contributed by atoms with Crippen LogP contribution in [0.15, 0.2) is 65.7 Å². The summed E-state index contributed by atoms with van der Waals surface area (Å²) < 4.78 is 20.3. The molecule has 164 valence electrons. The fraction of sp³-hybridized carbons (Fsp3) is 0.192. The van der Waals surface area contributed by atoms with Crippen LogP contribution in [-0.4, -0.2) is 30.4 Å². The number of nitriles is 1. The van der Waals surface area contributed by atoms with E-state index in [4.69, 9.17) is 10.5 Å². The van der Waals surface area contributed by atoms with Crippen molar-refractivity contribution in [1.29, 1.82) is 5.26 Å². The van der Waals surface area contributed by atoms with E-state index in [1.807, 2.05) is 24.3 Å². The molecule has 1 amide bonds. The Morgan fingerprint density at radius 1 is 1.12 bits per heavy atom. The molecule has 2 aliphatic rings. The first-order valence-corrected chi connectivity index (χ1v) is 10.6. The monoisotopic (exact) mass is 440 g/mol. The minimum Gasteiger partial charge on any atom is -0.376 e. The molecule has 2 heterocycles. The van der Waals surface area contributed by atoms with Crippen molar-refractivity contribution in [3.8, 4) is 17.2 Å². The fourth-order valence-corrected chi connectivity index (χ4v) is 4.51. The predicted molar refractivity (Wildman–Crippen MR) is 122 cm³/mol. The van der Waals surface area contributed by atoms with E-state index in [1.54, 1.807) is 31.3 Å². The summed E-state index contributed by atoms with van der Waals surface area (Å²) in [5.41, 5.74) is 9.30. The Morgan fingerprint density at radius 3 is 2.70 bits per heavy atom. The van der Waals surface area contributed by atoms with Crippen molar-refractivity contribution in [3.63, 3.8) is 0 Å². The number of nitrogens with two attached hydrogens (primary N) is 1. The molecule has 2 aliphatic heterocycles. The van der Waals surface area contributed by atoms with Crippen LogP contribution in [0.1, 0.15) is 27.8 Å². The van der Waals surface area contributed by atoms with Gasteiger partial charge >= 0.3 is 0 Å². The van der Waals surface area contributed by atoms with Gasteiger partial charge in [-0.1, -0.05) is 30.3 Å². The number of rotatable bonds is 3. The summed E-state index contributed by atoms with van der Waals surface area (Å²) in [6.07, 6.45) is 0.811. The normalized spacial score (nSPS) is 19.7. The SMILES string of the molecule is CN1C(=O)C(c2cccc(-c3cc(C#N)ccc3F)c2)(c2ccc3c(c2)COCC3)N=C1N. The molecular formula is C26H21FN4O2. The first kappa shape index (κ1) is 20.9. The van der Waals surface area contributed by atoms with Gasteiger partial charge in [-0.05, 0) is 64.6 Å². The molecule has 0 aromatic heterocycles. The number of fused-ring (bicyclic) bond motifs is 1. The number of aliphatic imine (C=N–C) groups is 1. The zero-order valence-corrected chi connectivity index (χ0v) is 18.0. The highest BCUT2D eigenvalue weighted by atomic mass is 19.1. The number of carbonyl (C=O) groups is 1. The topological polar surface area (TPSA) is 91.7 Å². The summed E-state index contributed by atoms with van der Waals surface area (Å²) in [6.45, 7) is 1.13. The lowest BCUT2D eigenvalue weighted by atomic mass is 9.80. The van der Waals surface area contributed by atoms with Crippen molar-refractivity contribution in [3.05, 3.63) is 94.3 Å². The number of carbonyl (C=O) groups excluding carboxylic acids is 1. The Balaban J connectivity index is 1.71. The zero-order valence-electron chi connectivity index (χ0n) is 18.0. The molecule has 2 N–H and O–H groups in total. The summed E-state index contributed by atoms with van der Waals surface area (Å²) in [6, 6.07) is 19.1. The molecule has 0 aliphatic carbocycles. The van der Waals surface area contributed by atoms with Gasteiger partial charge in [0.25, 0.3) is 5.91 Å². The van der Waals surface area contributed by atoms with Gasteiger partial charge in [0.15, 0.2) is 11.5 Å². The number of benzene rings is 3. The Bertz CT molecular complexity index is 1360. The molecule has 5 rings (SSSR count). The number of likely N-dealkylation sites (N-methyl/N-ethyl adjacent to an activating group) is 1. The number of hydrogen-bond acceptors (Lipinski definition) is 5. The van der Waals surface area contributed by atoms with Crippen molar-refractivity contribution in [2.75, 3.05) is 13.7 Å². The average Bonchev–Trinajstić information content (AvgIpc) is 3.09. The van der Waals surface area contributed by atoms with Crippen LogP contribution in [0.3, 0.4) is 0 Å². The molecule has 0 bridgehead atoms. The maximum Gasteiger partial charge on any atom is 0.266 e. The van der Waals surface area contributed by atoms with E-state index in [-0.39, 0.29) is 17.4 Å². The van der Waals surface area contributed by atoms with Crippen LogP contribution in [-0.2, 0) is 28.1 Å². The lowest BCUT2D eigenvalue weighted by molar-refractivity contribution is -0.129. The maximum absolute atomic E-state index is 14.7. The van der Waals surface area contributed by atoms with Gasteiger partial charge in [0.2, 0.25) is 0 Å². The highest BCUT2D eigenvalue weighted by Crippen LogP contribution is 2.41. The van der Waals surface area contributed by atoms with Crippen LogP contribution >= 0.6 is 0 Å². The van der Waals surface area contributed by atoms with Crippen LogP contribution in [0, 0.1) is 17.1 Å². The summed E-state index contributed by atoms with van der Waals surface area (Å²) >= 11 is 0. The third-order valence-electron chi connectivity index (χ3n) is 6.32. The fourth-order valence-electron chi connectivity index (χ4n) is 4.51. The number of hydrogen-bond donors (Lipinski definition) is 1. The summed E-state index contributed by atoms with van der Waals surface area (Å²) in [5, 5.41) is 9.24. The third kappa shape index (κ3) is 3.27. The second kappa shape index (κ2) is 7.84. The quantitative estimate of drug-likeness (QED) is 0.675. The third-order valence-corrected chi connectivity index (χ3v) is 6.32. The molecule has 1 atom stereocenters. The van der Waals surface area contributed by atoms with Crippen molar-refractivity contribution in [2.24, 2.45) is 10.7 Å². The molecule has 0 saturated carbocycles. The molecule has 0 saturated heterocycles. The van der Waals surface area contributed by atoms with Crippen molar-refractivity contribution < 1.29 is 13.9 Å².